The first-order chi connectivity index (χ1) is 10.8. The fraction of sp³-hybridized carbons (Fsp3) is 0.286. The van der Waals surface area contributed by atoms with E-state index in [1.54, 1.807) is 0 Å². The second kappa shape index (κ2) is 5.73. The zero-order valence-electron chi connectivity index (χ0n) is 11.7. The Balaban J connectivity index is 1.92. The minimum atomic E-state index is -4.40. The lowest BCUT2D eigenvalue weighted by Crippen LogP contribution is -2.23. The van der Waals surface area contributed by atoms with E-state index in [1.807, 2.05) is 0 Å². The normalized spacial score (nSPS) is 13.5. The van der Waals surface area contributed by atoms with Crippen LogP contribution in [0.5, 0.6) is 5.75 Å². The molecule has 5 nitrogen and oxygen atoms in total. The van der Waals surface area contributed by atoms with Gasteiger partial charge in [0.2, 0.25) is 0 Å². The number of anilines is 1. The van der Waals surface area contributed by atoms with Crippen LogP contribution in [0.2, 0.25) is 0 Å². The van der Waals surface area contributed by atoms with E-state index in [0.717, 1.165) is 5.69 Å². The molecule has 2 N–H and O–H groups in total. The first-order valence-corrected chi connectivity index (χ1v) is 7.18. The van der Waals surface area contributed by atoms with Crippen LogP contribution in [-0.4, -0.2) is 28.9 Å². The summed E-state index contributed by atoms with van der Waals surface area (Å²) < 4.78 is 42.5. The number of nitrogens with zero attached hydrogens (tertiary/aromatic N) is 1. The van der Waals surface area contributed by atoms with E-state index >= 15 is 0 Å². The number of alkyl halides is 3. The number of H-pyrrole nitrogens is 1. The fourth-order valence-electron chi connectivity index (χ4n) is 2.35. The average Bonchev–Trinajstić information content (AvgIpc) is 2.94. The number of hydrogen-bond acceptors (Lipinski definition) is 4. The van der Waals surface area contributed by atoms with Gasteiger partial charge >= 0.3 is 6.18 Å². The third kappa shape index (κ3) is 3.24. The van der Waals surface area contributed by atoms with Gasteiger partial charge in [0.1, 0.15) is 11.4 Å². The molecule has 0 saturated carbocycles. The highest BCUT2D eigenvalue weighted by atomic mass is 32.1. The molecule has 0 radical (unpaired) electrons. The van der Waals surface area contributed by atoms with Gasteiger partial charge in [0, 0.05) is 18.7 Å². The Morgan fingerprint density at radius 1 is 1.26 bits per heavy atom. The first-order valence-electron chi connectivity index (χ1n) is 6.77. The SMILES string of the molecule is O=c1c2c([nH]c(=S)n1-c1ccc(OCC(F)(F)F)cc1)CCN2. The number of hydrogen-bond donors (Lipinski definition) is 2. The molecule has 23 heavy (non-hydrogen) atoms. The molecule has 0 atom stereocenters. The van der Waals surface area contributed by atoms with Gasteiger partial charge in [-0.1, -0.05) is 0 Å². The molecule has 2 aromatic rings. The lowest BCUT2D eigenvalue weighted by molar-refractivity contribution is -0.153. The third-order valence-corrected chi connectivity index (χ3v) is 3.64. The van der Waals surface area contributed by atoms with Crippen molar-refractivity contribution in [3.63, 3.8) is 0 Å². The molecule has 0 amide bonds. The average molecular weight is 343 g/mol. The zero-order chi connectivity index (χ0) is 16.6. The monoisotopic (exact) mass is 343 g/mol. The maximum absolute atomic E-state index is 12.5. The predicted octanol–water partition coefficient (Wildman–Crippen LogP) is 2.80. The second-order valence-electron chi connectivity index (χ2n) is 5.00. The smallest absolute Gasteiger partial charge is 0.422 e. The Kier molecular flexibility index (Phi) is 3.88. The van der Waals surface area contributed by atoms with Crippen LogP contribution in [0.4, 0.5) is 18.9 Å². The topological polar surface area (TPSA) is 59.0 Å². The minimum Gasteiger partial charge on any atom is -0.484 e. The molecule has 3 rings (SSSR count). The number of aromatic amines is 1. The Morgan fingerprint density at radius 3 is 2.61 bits per heavy atom. The molecule has 1 aliphatic heterocycles. The number of benzene rings is 1. The van der Waals surface area contributed by atoms with Crippen LogP contribution in [0.15, 0.2) is 29.1 Å². The highest BCUT2D eigenvalue weighted by molar-refractivity contribution is 7.71. The number of ether oxygens (including phenoxy) is 1. The first kappa shape index (κ1) is 15.6. The summed E-state index contributed by atoms with van der Waals surface area (Å²) in [5, 5.41) is 2.99. The number of rotatable bonds is 3. The molecule has 122 valence electrons. The van der Waals surface area contributed by atoms with Gasteiger partial charge in [-0.2, -0.15) is 13.2 Å². The largest absolute Gasteiger partial charge is 0.484 e. The van der Waals surface area contributed by atoms with Gasteiger partial charge in [-0.3, -0.25) is 9.36 Å². The molecule has 0 aliphatic carbocycles. The van der Waals surface area contributed by atoms with E-state index in [0.29, 0.717) is 24.3 Å². The van der Waals surface area contributed by atoms with Gasteiger partial charge in [-0.25, -0.2) is 0 Å². The van der Waals surface area contributed by atoms with Crippen molar-refractivity contribution in [1.82, 2.24) is 9.55 Å². The zero-order valence-corrected chi connectivity index (χ0v) is 12.6. The summed E-state index contributed by atoms with van der Waals surface area (Å²) in [4.78, 5) is 15.4. The van der Waals surface area contributed by atoms with Crippen molar-refractivity contribution < 1.29 is 17.9 Å². The maximum Gasteiger partial charge on any atom is 0.422 e. The molecule has 0 spiro atoms. The minimum absolute atomic E-state index is 0.0632. The van der Waals surface area contributed by atoms with E-state index in [1.165, 1.54) is 28.8 Å². The van der Waals surface area contributed by atoms with Gasteiger partial charge in [0.05, 0.1) is 5.69 Å². The summed E-state index contributed by atoms with van der Waals surface area (Å²) in [6.07, 6.45) is -3.71. The molecule has 0 bridgehead atoms. The highest BCUT2D eigenvalue weighted by Gasteiger charge is 2.28. The van der Waals surface area contributed by atoms with Gasteiger partial charge in [0.25, 0.3) is 5.56 Å². The molecule has 0 saturated heterocycles. The van der Waals surface area contributed by atoms with Crippen LogP contribution < -0.4 is 15.6 Å². The Bertz CT molecular complexity index is 840. The standard InChI is InChI=1S/C14H12F3N3O2S/c15-14(16,17)7-22-9-3-1-8(2-4-9)20-12(21)11-10(5-6-18-11)19-13(20)23/h1-4,18H,5-7H2,(H,19,23). The van der Waals surface area contributed by atoms with Gasteiger partial charge < -0.3 is 15.0 Å². The van der Waals surface area contributed by atoms with Crippen molar-refractivity contribution in [3.8, 4) is 11.4 Å². The molecule has 9 heteroatoms. The van der Waals surface area contributed by atoms with Crippen molar-refractivity contribution in [3.05, 3.63) is 45.1 Å². The number of halogens is 3. The van der Waals surface area contributed by atoms with E-state index in [4.69, 9.17) is 12.2 Å². The van der Waals surface area contributed by atoms with Crippen molar-refractivity contribution >= 4 is 17.9 Å². The van der Waals surface area contributed by atoms with E-state index in [-0.39, 0.29) is 16.1 Å². The summed E-state index contributed by atoms with van der Waals surface area (Å²) in [6, 6.07) is 5.70. The second-order valence-corrected chi connectivity index (χ2v) is 5.39. The molecular formula is C14H12F3N3O2S. The third-order valence-electron chi connectivity index (χ3n) is 3.35. The van der Waals surface area contributed by atoms with Gasteiger partial charge in [-0.15, -0.1) is 0 Å². The highest BCUT2D eigenvalue weighted by Crippen LogP contribution is 2.21. The lowest BCUT2D eigenvalue weighted by Gasteiger charge is -2.11. The van der Waals surface area contributed by atoms with Crippen LogP contribution in [-0.2, 0) is 6.42 Å². The van der Waals surface area contributed by atoms with E-state index in [2.05, 4.69) is 15.0 Å². The summed E-state index contributed by atoms with van der Waals surface area (Å²) >= 11 is 5.20. The molecule has 0 fully saturated rings. The summed E-state index contributed by atoms with van der Waals surface area (Å²) in [6.45, 7) is -0.709. The molecule has 0 unspecified atom stereocenters. The predicted molar refractivity (Wildman–Crippen MR) is 81.0 cm³/mol. The molecule has 1 aromatic heterocycles. The van der Waals surface area contributed by atoms with Crippen molar-refractivity contribution in [2.45, 2.75) is 12.6 Å². The number of nitrogens with one attached hydrogen (secondary N) is 2. The fourth-order valence-corrected chi connectivity index (χ4v) is 2.67. The maximum atomic E-state index is 12.5. The Hall–Kier alpha value is -2.29. The van der Waals surface area contributed by atoms with Crippen LogP contribution >= 0.6 is 12.2 Å². The Morgan fingerprint density at radius 2 is 1.96 bits per heavy atom. The molecule has 1 aromatic carbocycles. The van der Waals surface area contributed by atoms with Crippen LogP contribution in [0.25, 0.3) is 5.69 Å². The van der Waals surface area contributed by atoms with Gasteiger partial charge in [0.15, 0.2) is 11.4 Å². The van der Waals surface area contributed by atoms with Crippen molar-refractivity contribution in [1.29, 1.82) is 0 Å². The van der Waals surface area contributed by atoms with Crippen molar-refractivity contribution in [2.24, 2.45) is 0 Å². The molecular weight excluding hydrogens is 331 g/mol. The van der Waals surface area contributed by atoms with E-state index < -0.39 is 12.8 Å². The molecule has 1 aliphatic rings. The molecule has 2 heterocycles. The summed E-state index contributed by atoms with van der Waals surface area (Å²) in [5.74, 6) is 0.0632. The van der Waals surface area contributed by atoms with E-state index in [9.17, 15) is 18.0 Å². The number of aromatic nitrogens is 2. The Labute approximate surface area is 133 Å². The van der Waals surface area contributed by atoms with Gasteiger partial charge in [-0.05, 0) is 36.5 Å². The quantitative estimate of drug-likeness (QED) is 0.842. The van der Waals surface area contributed by atoms with Crippen LogP contribution in [0.1, 0.15) is 5.69 Å². The summed E-state index contributed by atoms with van der Waals surface area (Å²) in [7, 11) is 0. The number of fused-ring (bicyclic) bond motifs is 1. The van der Waals surface area contributed by atoms with Crippen LogP contribution in [0, 0.1) is 4.77 Å². The van der Waals surface area contributed by atoms with Crippen molar-refractivity contribution in [2.75, 3.05) is 18.5 Å². The summed E-state index contributed by atoms with van der Waals surface area (Å²) in [5.41, 5.74) is 1.40. The van der Waals surface area contributed by atoms with Crippen LogP contribution in [0.3, 0.4) is 0 Å². The lowest BCUT2D eigenvalue weighted by atomic mass is 10.3.